The number of fused-ring (bicyclic) bond motifs is 1. The van der Waals surface area contributed by atoms with Gasteiger partial charge in [-0.15, -0.1) is 0 Å². The predicted molar refractivity (Wildman–Crippen MR) is 113 cm³/mol. The Kier molecular flexibility index (Phi) is 6.58. The summed E-state index contributed by atoms with van der Waals surface area (Å²) in [6.07, 6.45) is 1.57. The molecule has 0 spiro atoms. The number of amides is 1. The average Bonchev–Trinajstić information content (AvgIpc) is 3.28. The molecule has 1 saturated heterocycles. The summed E-state index contributed by atoms with van der Waals surface area (Å²) in [6.45, 7) is 8.27. The second-order valence-corrected chi connectivity index (χ2v) is 9.58. The van der Waals surface area contributed by atoms with Crippen molar-refractivity contribution in [2.45, 2.75) is 71.1 Å². The summed E-state index contributed by atoms with van der Waals surface area (Å²) in [5.41, 5.74) is 2.31. The number of hydrogen-bond donors (Lipinski definition) is 1. The Morgan fingerprint density at radius 3 is 2.69 bits per heavy atom. The van der Waals surface area contributed by atoms with Gasteiger partial charge in [-0.3, -0.25) is 4.79 Å². The molecule has 1 aliphatic heterocycles. The van der Waals surface area contributed by atoms with Crippen LogP contribution in [0.3, 0.4) is 0 Å². The summed E-state index contributed by atoms with van der Waals surface area (Å²) in [5, 5.41) is 11.1. The van der Waals surface area contributed by atoms with E-state index in [9.17, 15) is 14.7 Å². The van der Waals surface area contributed by atoms with Crippen molar-refractivity contribution in [3.63, 3.8) is 0 Å². The Bertz CT molecular complexity index is 788. The standard InChI is InChI=1S/C22H30BrNO5/c1-5-28-20(26)14-11-13-8-9-15(18(23)16(13)12-14)19(25)17-7-6-10-24(17)21(27)29-22(2,3)4/h8-9,14,17,19,25H,5-7,10-12H2,1-4H3. The summed E-state index contributed by atoms with van der Waals surface area (Å²) in [5.74, 6) is -0.358. The first-order valence-corrected chi connectivity index (χ1v) is 11.1. The number of carbonyl (C=O) groups excluding carboxylic acids is 2. The molecule has 160 valence electrons. The SMILES string of the molecule is CCOC(=O)C1Cc2ccc(C(O)C3CCCN3C(=O)OC(C)(C)C)c(Br)c2C1. The highest BCUT2D eigenvalue weighted by molar-refractivity contribution is 9.10. The number of aliphatic hydroxyl groups excluding tert-OH is 1. The number of ether oxygens (including phenoxy) is 2. The fourth-order valence-corrected chi connectivity index (χ4v) is 4.99. The predicted octanol–water partition coefficient (Wildman–Crippen LogP) is 4.16. The number of nitrogens with zero attached hydrogens (tertiary/aromatic N) is 1. The van der Waals surface area contributed by atoms with Gasteiger partial charge in [-0.05, 0) is 70.1 Å². The minimum atomic E-state index is -0.827. The van der Waals surface area contributed by atoms with Crippen molar-refractivity contribution >= 4 is 28.0 Å². The Hall–Kier alpha value is -1.60. The minimum absolute atomic E-state index is 0.176. The molecule has 1 aliphatic carbocycles. The van der Waals surface area contributed by atoms with E-state index < -0.39 is 17.8 Å². The van der Waals surface area contributed by atoms with Crippen molar-refractivity contribution in [3.8, 4) is 0 Å². The molecular formula is C22H30BrNO5. The molecule has 0 radical (unpaired) electrons. The van der Waals surface area contributed by atoms with Gasteiger partial charge in [0.25, 0.3) is 0 Å². The fraction of sp³-hybridized carbons (Fsp3) is 0.636. The number of benzene rings is 1. The quantitative estimate of drug-likeness (QED) is 0.672. The molecule has 0 saturated carbocycles. The molecule has 29 heavy (non-hydrogen) atoms. The van der Waals surface area contributed by atoms with Crippen LogP contribution in [0.1, 0.15) is 63.3 Å². The van der Waals surface area contributed by atoms with Crippen molar-refractivity contribution in [2.24, 2.45) is 5.92 Å². The highest BCUT2D eigenvalue weighted by Crippen LogP contribution is 2.40. The molecule has 0 bridgehead atoms. The van der Waals surface area contributed by atoms with Crippen LogP contribution >= 0.6 is 15.9 Å². The molecule has 2 aliphatic rings. The molecular weight excluding hydrogens is 438 g/mol. The maximum absolute atomic E-state index is 12.6. The van der Waals surface area contributed by atoms with E-state index in [4.69, 9.17) is 9.47 Å². The summed E-state index contributed by atoms with van der Waals surface area (Å²) in [4.78, 5) is 26.4. The van der Waals surface area contributed by atoms with Crippen LogP contribution in [0.5, 0.6) is 0 Å². The van der Waals surface area contributed by atoms with Gasteiger partial charge < -0.3 is 19.5 Å². The van der Waals surface area contributed by atoms with E-state index in [2.05, 4.69) is 15.9 Å². The fourth-order valence-electron chi connectivity index (χ4n) is 4.21. The van der Waals surface area contributed by atoms with E-state index in [-0.39, 0.29) is 17.9 Å². The number of likely N-dealkylation sites (tertiary alicyclic amines) is 1. The molecule has 1 fully saturated rings. The third kappa shape index (κ3) is 4.77. The van der Waals surface area contributed by atoms with Crippen molar-refractivity contribution in [1.82, 2.24) is 4.90 Å². The molecule has 6 nitrogen and oxygen atoms in total. The summed E-state index contributed by atoms with van der Waals surface area (Å²) in [6, 6.07) is 3.54. The summed E-state index contributed by atoms with van der Waals surface area (Å²) in [7, 11) is 0. The van der Waals surface area contributed by atoms with Crippen LogP contribution in [-0.4, -0.2) is 46.9 Å². The lowest BCUT2D eigenvalue weighted by Gasteiger charge is -2.31. The molecule has 3 unspecified atom stereocenters. The number of carbonyl (C=O) groups is 2. The summed E-state index contributed by atoms with van der Waals surface area (Å²) < 4.78 is 11.5. The van der Waals surface area contributed by atoms with Crippen LogP contribution in [0, 0.1) is 5.92 Å². The Balaban J connectivity index is 1.79. The number of hydrogen-bond acceptors (Lipinski definition) is 5. The van der Waals surface area contributed by atoms with Gasteiger partial charge >= 0.3 is 12.1 Å². The van der Waals surface area contributed by atoms with Crippen molar-refractivity contribution in [3.05, 3.63) is 33.3 Å². The first-order valence-electron chi connectivity index (χ1n) is 10.3. The van der Waals surface area contributed by atoms with E-state index in [0.717, 1.165) is 34.0 Å². The molecule has 3 atom stereocenters. The molecule has 1 amide bonds. The molecule has 1 heterocycles. The number of halogens is 1. The van der Waals surface area contributed by atoms with Gasteiger partial charge in [-0.2, -0.15) is 0 Å². The van der Waals surface area contributed by atoms with Crippen LogP contribution in [0.15, 0.2) is 16.6 Å². The number of esters is 1. The van der Waals surface area contributed by atoms with Crippen molar-refractivity contribution in [2.75, 3.05) is 13.2 Å². The Morgan fingerprint density at radius 2 is 2.03 bits per heavy atom. The molecule has 1 aromatic carbocycles. The van der Waals surface area contributed by atoms with Gasteiger partial charge in [0.15, 0.2) is 0 Å². The van der Waals surface area contributed by atoms with Gasteiger partial charge in [-0.1, -0.05) is 28.1 Å². The molecule has 1 aromatic rings. The highest BCUT2D eigenvalue weighted by atomic mass is 79.9. The smallest absolute Gasteiger partial charge is 0.410 e. The molecule has 7 heteroatoms. The zero-order valence-electron chi connectivity index (χ0n) is 17.5. The average molecular weight is 468 g/mol. The van der Waals surface area contributed by atoms with Crippen LogP contribution in [0.4, 0.5) is 4.79 Å². The van der Waals surface area contributed by atoms with Gasteiger partial charge in [0.2, 0.25) is 0 Å². The zero-order chi connectivity index (χ0) is 21.3. The second kappa shape index (κ2) is 8.64. The highest BCUT2D eigenvalue weighted by Gasteiger charge is 2.39. The third-order valence-electron chi connectivity index (χ3n) is 5.52. The zero-order valence-corrected chi connectivity index (χ0v) is 19.1. The van der Waals surface area contributed by atoms with Gasteiger partial charge in [0, 0.05) is 11.0 Å². The van der Waals surface area contributed by atoms with Crippen LogP contribution in [0.25, 0.3) is 0 Å². The third-order valence-corrected chi connectivity index (χ3v) is 6.45. The molecule has 0 aromatic heterocycles. The van der Waals surface area contributed by atoms with E-state index in [0.29, 0.717) is 26.0 Å². The molecule has 3 rings (SSSR count). The monoisotopic (exact) mass is 467 g/mol. The lowest BCUT2D eigenvalue weighted by atomic mass is 9.97. The van der Waals surface area contributed by atoms with Gasteiger partial charge in [0.1, 0.15) is 11.7 Å². The maximum Gasteiger partial charge on any atom is 0.410 e. The Morgan fingerprint density at radius 1 is 1.31 bits per heavy atom. The first kappa shape index (κ1) is 22.1. The lowest BCUT2D eigenvalue weighted by Crippen LogP contribution is -2.42. The first-order chi connectivity index (χ1) is 13.6. The maximum atomic E-state index is 12.6. The van der Waals surface area contributed by atoms with Gasteiger partial charge in [0.05, 0.1) is 18.6 Å². The number of aliphatic hydroxyl groups is 1. The summed E-state index contributed by atoms with van der Waals surface area (Å²) >= 11 is 3.65. The van der Waals surface area contributed by atoms with E-state index in [1.807, 2.05) is 39.8 Å². The number of rotatable bonds is 4. The topological polar surface area (TPSA) is 76.1 Å². The van der Waals surface area contributed by atoms with Crippen LogP contribution in [0.2, 0.25) is 0 Å². The van der Waals surface area contributed by atoms with Crippen molar-refractivity contribution in [1.29, 1.82) is 0 Å². The van der Waals surface area contributed by atoms with E-state index >= 15 is 0 Å². The van der Waals surface area contributed by atoms with E-state index in [1.54, 1.807) is 4.90 Å². The Labute approximate surface area is 180 Å². The van der Waals surface area contributed by atoms with Crippen LogP contribution < -0.4 is 0 Å². The van der Waals surface area contributed by atoms with Crippen LogP contribution in [-0.2, 0) is 27.1 Å². The molecule has 1 N–H and O–H groups in total. The minimum Gasteiger partial charge on any atom is -0.466 e. The van der Waals surface area contributed by atoms with Crippen molar-refractivity contribution < 1.29 is 24.2 Å². The van der Waals surface area contributed by atoms with Gasteiger partial charge in [-0.25, -0.2) is 4.79 Å². The lowest BCUT2D eigenvalue weighted by molar-refractivity contribution is -0.147. The second-order valence-electron chi connectivity index (χ2n) is 8.79. The normalized spacial score (nSPS) is 22.3. The van der Waals surface area contributed by atoms with E-state index in [1.165, 1.54) is 0 Å². The largest absolute Gasteiger partial charge is 0.466 e.